The van der Waals surface area contributed by atoms with Crippen LogP contribution in [0.4, 0.5) is 0 Å². The smallest absolute Gasteiger partial charge is 0.255 e. The first-order valence-corrected chi connectivity index (χ1v) is 8.20. The van der Waals surface area contributed by atoms with Crippen LogP contribution >= 0.6 is 11.6 Å². The predicted molar refractivity (Wildman–Crippen MR) is 93.6 cm³/mol. The monoisotopic (exact) mass is 348 g/mol. The van der Waals surface area contributed by atoms with Crippen LogP contribution in [0.25, 0.3) is 5.69 Å². The summed E-state index contributed by atoms with van der Waals surface area (Å²) in [5.41, 5.74) is 2.00. The Morgan fingerprint density at radius 1 is 1.33 bits per heavy atom. The molecule has 0 aliphatic heterocycles. The maximum absolute atomic E-state index is 12.4. The number of nitrogens with one attached hydrogen (secondary N) is 2. The van der Waals surface area contributed by atoms with E-state index in [0.29, 0.717) is 17.0 Å². The molecule has 0 aliphatic rings. The number of carbonyl (C=O) groups excluding carboxylic acids is 2. The third kappa shape index (κ3) is 4.35. The van der Waals surface area contributed by atoms with E-state index >= 15 is 0 Å². The largest absolute Gasteiger partial charge is 0.352 e. The molecule has 2 aromatic rings. The highest BCUT2D eigenvalue weighted by atomic mass is 35.5. The van der Waals surface area contributed by atoms with Crippen molar-refractivity contribution in [3.8, 4) is 5.69 Å². The van der Waals surface area contributed by atoms with Gasteiger partial charge in [-0.05, 0) is 38.5 Å². The number of carbonyl (C=O) groups is 2. The van der Waals surface area contributed by atoms with Crippen LogP contribution in [0.5, 0.6) is 0 Å². The molecule has 0 unspecified atom stereocenters. The van der Waals surface area contributed by atoms with Crippen molar-refractivity contribution in [2.45, 2.75) is 33.2 Å². The second-order valence-electron chi connectivity index (χ2n) is 5.66. The van der Waals surface area contributed by atoms with Crippen LogP contribution in [-0.2, 0) is 11.2 Å². The molecular weight excluding hydrogens is 328 g/mol. The maximum atomic E-state index is 12.4. The summed E-state index contributed by atoms with van der Waals surface area (Å²) in [4.78, 5) is 24.0. The molecule has 128 valence electrons. The lowest BCUT2D eigenvalue weighted by molar-refractivity contribution is -0.120. The molecular formula is C17H21ClN4O2. The molecule has 0 spiro atoms. The van der Waals surface area contributed by atoms with E-state index in [2.05, 4.69) is 15.7 Å². The van der Waals surface area contributed by atoms with Crippen molar-refractivity contribution >= 4 is 23.4 Å². The van der Waals surface area contributed by atoms with Crippen molar-refractivity contribution in [3.05, 3.63) is 46.7 Å². The summed E-state index contributed by atoms with van der Waals surface area (Å²) in [6, 6.07) is 7.29. The van der Waals surface area contributed by atoms with Crippen LogP contribution in [0.2, 0.25) is 5.02 Å². The molecule has 1 heterocycles. The van der Waals surface area contributed by atoms with Crippen LogP contribution in [0.15, 0.2) is 30.5 Å². The Hall–Kier alpha value is -2.34. The number of halogens is 1. The number of nitrogens with zero attached hydrogens (tertiary/aromatic N) is 2. The molecule has 7 heteroatoms. The van der Waals surface area contributed by atoms with E-state index in [-0.39, 0.29) is 24.4 Å². The Bertz CT molecular complexity index is 740. The van der Waals surface area contributed by atoms with Gasteiger partial charge in [-0.1, -0.05) is 24.6 Å². The van der Waals surface area contributed by atoms with Gasteiger partial charge in [-0.3, -0.25) is 9.59 Å². The summed E-state index contributed by atoms with van der Waals surface area (Å²) in [6.45, 7) is 5.61. The van der Waals surface area contributed by atoms with E-state index in [1.54, 1.807) is 16.8 Å². The van der Waals surface area contributed by atoms with Gasteiger partial charge >= 0.3 is 0 Å². The quantitative estimate of drug-likeness (QED) is 0.841. The first-order chi connectivity index (χ1) is 11.4. The van der Waals surface area contributed by atoms with Gasteiger partial charge in [0.15, 0.2) is 0 Å². The first kappa shape index (κ1) is 18.0. The topological polar surface area (TPSA) is 76.0 Å². The molecule has 1 aromatic heterocycles. The SMILES string of the molecule is CCc1c(C(=O)NCC(=O)NC(C)C)cnn1-c1cccc(Cl)c1. The molecule has 0 bridgehead atoms. The molecule has 2 N–H and O–H groups in total. The van der Waals surface area contributed by atoms with Crippen molar-refractivity contribution in [2.75, 3.05) is 6.54 Å². The van der Waals surface area contributed by atoms with Crippen LogP contribution in [-0.4, -0.2) is 34.2 Å². The maximum Gasteiger partial charge on any atom is 0.255 e. The van der Waals surface area contributed by atoms with Crippen LogP contribution in [0.3, 0.4) is 0 Å². The first-order valence-electron chi connectivity index (χ1n) is 7.82. The molecule has 0 saturated carbocycles. The van der Waals surface area contributed by atoms with E-state index in [0.717, 1.165) is 11.4 Å². The highest BCUT2D eigenvalue weighted by Gasteiger charge is 2.18. The van der Waals surface area contributed by atoms with Crippen molar-refractivity contribution in [2.24, 2.45) is 0 Å². The molecule has 0 saturated heterocycles. The zero-order valence-corrected chi connectivity index (χ0v) is 14.7. The lowest BCUT2D eigenvalue weighted by Crippen LogP contribution is -2.39. The standard InChI is InChI=1S/C17H21ClN4O2/c1-4-15-14(17(24)19-10-16(23)21-11(2)3)9-20-22(15)13-7-5-6-12(18)8-13/h5-9,11H,4,10H2,1-3H3,(H,19,24)(H,21,23). The van der Waals surface area contributed by atoms with E-state index < -0.39 is 0 Å². The van der Waals surface area contributed by atoms with Gasteiger partial charge in [0.1, 0.15) is 0 Å². The highest BCUT2D eigenvalue weighted by molar-refractivity contribution is 6.30. The number of aromatic nitrogens is 2. The normalized spacial score (nSPS) is 10.7. The summed E-state index contributed by atoms with van der Waals surface area (Å²) < 4.78 is 1.69. The van der Waals surface area contributed by atoms with Crippen molar-refractivity contribution in [1.29, 1.82) is 0 Å². The van der Waals surface area contributed by atoms with E-state index in [4.69, 9.17) is 11.6 Å². The Balaban J connectivity index is 2.16. The Morgan fingerprint density at radius 3 is 2.71 bits per heavy atom. The molecule has 0 atom stereocenters. The number of hydrogen-bond donors (Lipinski definition) is 2. The number of amides is 2. The van der Waals surface area contributed by atoms with Gasteiger partial charge in [-0.25, -0.2) is 4.68 Å². The second-order valence-corrected chi connectivity index (χ2v) is 6.09. The summed E-state index contributed by atoms with van der Waals surface area (Å²) in [5.74, 6) is -0.544. The highest BCUT2D eigenvalue weighted by Crippen LogP contribution is 2.19. The minimum absolute atomic E-state index is 0.0335. The van der Waals surface area contributed by atoms with E-state index in [1.807, 2.05) is 32.9 Å². The minimum atomic E-state index is -0.320. The Morgan fingerprint density at radius 2 is 2.08 bits per heavy atom. The van der Waals surface area contributed by atoms with Gasteiger partial charge in [-0.2, -0.15) is 5.10 Å². The Kier molecular flexibility index (Phi) is 5.98. The lowest BCUT2D eigenvalue weighted by Gasteiger charge is -2.10. The van der Waals surface area contributed by atoms with Crippen LogP contribution in [0, 0.1) is 0 Å². The average Bonchev–Trinajstić information content (AvgIpc) is 2.96. The molecule has 1 aromatic carbocycles. The zero-order valence-electron chi connectivity index (χ0n) is 14.0. The van der Waals surface area contributed by atoms with Gasteiger partial charge in [-0.15, -0.1) is 0 Å². The van der Waals surface area contributed by atoms with Gasteiger partial charge in [0.2, 0.25) is 5.91 Å². The molecule has 24 heavy (non-hydrogen) atoms. The van der Waals surface area contributed by atoms with E-state index in [9.17, 15) is 9.59 Å². The molecule has 0 aliphatic carbocycles. The molecule has 6 nitrogen and oxygen atoms in total. The summed E-state index contributed by atoms with van der Waals surface area (Å²) >= 11 is 6.02. The number of hydrogen-bond acceptors (Lipinski definition) is 3. The number of benzene rings is 1. The third-order valence-electron chi connectivity index (χ3n) is 3.36. The fourth-order valence-corrected chi connectivity index (χ4v) is 2.55. The predicted octanol–water partition coefficient (Wildman–Crippen LogP) is 2.34. The molecule has 2 amide bonds. The van der Waals surface area contributed by atoms with Crippen molar-refractivity contribution in [1.82, 2.24) is 20.4 Å². The molecule has 2 rings (SSSR count). The molecule has 0 radical (unpaired) electrons. The fourth-order valence-electron chi connectivity index (χ4n) is 2.36. The van der Waals surface area contributed by atoms with Crippen molar-refractivity contribution in [3.63, 3.8) is 0 Å². The van der Waals surface area contributed by atoms with Crippen molar-refractivity contribution < 1.29 is 9.59 Å². The summed E-state index contributed by atoms with van der Waals surface area (Å²) in [6.07, 6.45) is 2.13. The zero-order chi connectivity index (χ0) is 17.7. The third-order valence-corrected chi connectivity index (χ3v) is 3.60. The van der Waals surface area contributed by atoms with Gasteiger partial charge in [0.25, 0.3) is 5.91 Å². The summed E-state index contributed by atoms with van der Waals surface area (Å²) in [5, 5.41) is 10.2. The summed E-state index contributed by atoms with van der Waals surface area (Å²) in [7, 11) is 0. The van der Waals surface area contributed by atoms with Gasteiger partial charge < -0.3 is 10.6 Å². The van der Waals surface area contributed by atoms with Gasteiger partial charge in [0.05, 0.1) is 29.7 Å². The molecule has 0 fully saturated rings. The Labute approximate surface area is 146 Å². The van der Waals surface area contributed by atoms with Gasteiger partial charge in [0, 0.05) is 11.1 Å². The second kappa shape index (κ2) is 7.97. The average molecular weight is 349 g/mol. The van der Waals surface area contributed by atoms with E-state index in [1.165, 1.54) is 6.20 Å². The minimum Gasteiger partial charge on any atom is -0.352 e. The lowest BCUT2D eigenvalue weighted by atomic mass is 10.2. The number of rotatable bonds is 6. The van der Waals surface area contributed by atoms with Crippen LogP contribution < -0.4 is 10.6 Å². The fraction of sp³-hybridized carbons (Fsp3) is 0.353. The van der Waals surface area contributed by atoms with Crippen LogP contribution in [0.1, 0.15) is 36.8 Å².